The number of carbonyl (C=O) groups is 1. The fraction of sp³-hybridized carbons (Fsp3) is 0.320. The molecule has 4 heterocycles. The maximum atomic E-state index is 11.7. The first-order valence-electron chi connectivity index (χ1n) is 11.7. The lowest BCUT2D eigenvalue weighted by atomic mass is 10.1. The molecule has 0 aliphatic carbocycles. The lowest BCUT2D eigenvalue weighted by molar-refractivity contribution is 0.121. The highest BCUT2D eigenvalue weighted by molar-refractivity contribution is 5.93. The van der Waals surface area contributed by atoms with Crippen LogP contribution < -0.4 is 15.4 Å². The monoisotopic (exact) mass is 488 g/mol. The summed E-state index contributed by atoms with van der Waals surface area (Å²) < 4.78 is 10.9. The summed E-state index contributed by atoms with van der Waals surface area (Å²) in [5.41, 5.74) is 11.4. The second kappa shape index (κ2) is 9.78. The molecule has 36 heavy (non-hydrogen) atoms. The summed E-state index contributed by atoms with van der Waals surface area (Å²) in [6.07, 6.45) is 2.52. The Labute approximate surface area is 208 Å². The second-order valence-electron chi connectivity index (χ2n) is 8.69. The van der Waals surface area contributed by atoms with E-state index in [9.17, 15) is 4.79 Å². The molecule has 1 aromatic carbocycles. The van der Waals surface area contributed by atoms with Crippen LogP contribution in [0, 0.1) is 13.8 Å². The Morgan fingerprint density at radius 1 is 1.11 bits per heavy atom. The predicted octanol–water partition coefficient (Wildman–Crippen LogP) is 2.96. The average molecular weight is 489 g/mol. The van der Waals surface area contributed by atoms with E-state index in [2.05, 4.69) is 30.3 Å². The van der Waals surface area contributed by atoms with Crippen LogP contribution in [0.3, 0.4) is 0 Å². The predicted molar refractivity (Wildman–Crippen MR) is 135 cm³/mol. The number of piperazine rings is 1. The molecule has 1 amide bonds. The highest BCUT2D eigenvalue weighted by atomic mass is 16.5. The smallest absolute Gasteiger partial charge is 0.409 e. The third kappa shape index (κ3) is 4.52. The van der Waals surface area contributed by atoms with E-state index >= 15 is 0 Å². The van der Waals surface area contributed by atoms with E-state index < -0.39 is 6.23 Å². The molecule has 3 N–H and O–H groups in total. The number of anilines is 1. The van der Waals surface area contributed by atoms with Gasteiger partial charge in [0, 0.05) is 48.9 Å². The minimum atomic E-state index is -0.672. The van der Waals surface area contributed by atoms with Gasteiger partial charge in [-0.05, 0) is 49.7 Å². The molecule has 1 aliphatic heterocycles. The summed E-state index contributed by atoms with van der Waals surface area (Å²) in [6.45, 7) is 6.39. The summed E-state index contributed by atoms with van der Waals surface area (Å²) >= 11 is 0. The molecule has 186 valence electrons. The maximum Gasteiger partial charge on any atom is 0.409 e. The highest BCUT2D eigenvalue weighted by Gasteiger charge is 2.22. The van der Waals surface area contributed by atoms with Crippen molar-refractivity contribution in [1.29, 1.82) is 0 Å². The minimum Gasteiger partial charge on any atom is -0.471 e. The number of benzene rings is 1. The quantitative estimate of drug-likeness (QED) is 0.406. The summed E-state index contributed by atoms with van der Waals surface area (Å²) in [7, 11) is 1.40. The molecule has 1 fully saturated rings. The second-order valence-corrected chi connectivity index (χ2v) is 8.69. The van der Waals surface area contributed by atoms with Gasteiger partial charge in [-0.2, -0.15) is 15.3 Å². The summed E-state index contributed by atoms with van der Waals surface area (Å²) in [5.74, 6) is 1.48. The van der Waals surface area contributed by atoms with Crippen LogP contribution in [0.25, 0.3) is 22.2 Å². The number of fused-ring (bicyclic) bond motifs is 1. The summed E-state index contributed by atoms with van der Waals surface area (Å²) in [4.78, 5) is 20.2. The maximum absolute atomic E-state index is 11.7. The number of methoxy groups -OCH3 is 1. The molecular weight excluding hydrogens is 460 g/mol. The van der Waals surface area contributed by atoms with Crippen molar-refractivity contribution in [1.82, 2.24) is 30.3 Å². The lowest BCUT2D eigenvalue weighted by Gasteiger charge is -2.34. The van der Waals surface area contributed by atoms with Crippen LogP contribution >= 0.6 is 0 Å². The zero-order valence-corrected chi connectivity index (χ0v) is 20.4. The van der Waals surface area contributed by atoms with E-state index in [4.69, 9.17) is 15.2 Å². The van der Waals surface area contributed by atoms with Crippen LogP contribution in [0.4, 0.5) is 10.6 Å². The normalized spacial score (nSPS) is 14.7. The molecule has 11 nitrogen and oxygen atoms in total. The number of pyridine rings is 1. The third-order valence-electron chi connectivity index (χ3n) is 6.41. The Morgan fingerprint density at radius 3 is 2.61 bits per heavy atom. The molecule has 3 aromatic heterocycles. The van der Waals surface area contributed by atoms with Crippen molar-refractivity contribution >= 4 is 22.8 Å². The first kappa shape index (κ1) is 23.5. The molecule has 1 saturated heterocycles. The first-order valence-corrected chi connectivity index (χ1v) is 11.7. The van der Waals surface area contributed by atoms with Crippen LogP contribution in [0.1, 0.15) is 23.0 Å². The van der Waals surface area contributed by atoms with Gasteiger partial charge in [-0.25, -0.2) is 9.78 Å². The number of nitrogens with one attached hydrogen (secondary N) is 1. The average Bonchev–Trinajstić information content (AvgIpc) is 3.31. The van der Waals surface area contributed by atoms with Gasteiger partial charge in [0.2, 0.25) is 0 Å². The van der Waals surface area contributed by atoms with E-state index in [0.717, 1.165) is 44.8 Å². The van der Waals surface area contributed by atoms with Crippen molar-refractivity contribution in [3.63, 3.8) is 0 Å². The Bertz CT molecular complexity index is 1360. The Morgan fingerprint density at radius 2 is 1.92 bits per heavy atom. The van der Waals surface area contributed by atoms with Crippen molar-refractivity contribution in [3.05, 3.63) is 59.5 Å². The number of aryl methyl sites for hydroxylation is 2. The summed E-state index contributed by atoms with van der Waals surface area (Å²) in [6, 6.07) is 9.67. The lowest BCUT2D eigenvalue weighted by Crippen LogP contribution is -2.49. The van der Waals surface area contributed by atoms with Gasteiger partial charge in [-0.1, -0.05) is 0 Å². The SMILES string of the molecule is COC(=O)N1CCN(c2ccc(-c3n[nH]c4ccc(O[C@H](N)c5c(C)cnnc5C)cc34)cn2)CC1. The van der Waals surface area contributed by atoms with Crippen LogP contribution in [0.5, 0.6) is 5.75 Å². The number of aromatic nitrogens is 5. The van der Waals surface area contributed by atoms with Gasteiger partial charge in [0.25, 0.3) is 0 Å². The molecule has 0 unspecified atom stereocenters. The molecule has 0 spiro atoms. The van der Waals surface area contributed by atoms with Gasteiger partial charge < -0.3 is 19.3 Å². The molecule has 1 atom stereocenters. The molecule has 4 aromatic rings. The molecule has 11 heteroatoms. The van der Waals surface area contributed by atoms with Gasteiger partial charge in [0.05, 0.1) is 24.5 Å². The third-order valence-corrected chi connectivity index (χ3v) is 6.41. The number of ether oxygens (including phenoxy) is 2. The fourth-order valence-corrected chi connectivity index (χ4v) is 4.49. The highest BCUT2D eigenvalue weighted by Crippen LogP contribution is 2.31. The van der Waals surface area contributed by atoms with E-state index in [1.165, 1.54) is 7.11 Å². The standard InChI is InChI=1S/C25H28N8O3/c1-15-13-28-29-16(2)22(15)24(26)36-18-5-6-20-19(12-18)23(31-30-20)17-4-7-21(27-14-17)32-8-10-33(11-9-32)25(34)35-3/h4-7,12-14,24H,8-11,26H2,1-3H3,(H,30,31)/t24-/m0/s1. The van der Waals surface area contributed by atoms with Gasteiger partial charge in [0.15, 0.2) is 6.23 Å². The number of hydrogen-bond donors (Lipinski definition) is 2. The van der Waals surface area contributed by atoms with Crippen molar-refractivity contribution in [2.24, 2.45) is 5.73 Å². The van der Waals surface area contributed by atoms with E-state index in [-0.39, 0.29) is 6.09 Å². The Hall–Kier alpha value is -4.25. The van der Waals surface area contributed by atoms with Crippen LogP contribution in [0.15, 0.2) is 42.7 Å². The fourth-order valence-electron chi connectivity index (χ4n) is 4.49. The van der Waals surface area contributed by atoms with Crippen LogP contribution in [-0.4, -0.2) is 69.7 Å². The number of rotatable bonds is 5. The minimum absolute atomic E-state index is 0.296. The number of carbonyl (C=O) groups excluding carboxylic acids is 1. The number of hydrogen-bond acceptors (Lipinski definition) is 9. The zero-order chi connectivity index (χ0) is 25.2. The molecule has 1 aliphatic rings. The van der Waals surface area contributed by atoms with E-state index in [1.807, 2.05) is 50.4 Å². The molecular formula is C25H28N8O3. The first-order chi connectivity index (χ1) is 17.4. The largest absolute Gasteiger partial charge is 0.471 e. The Kier molecular flexibility index (Phi) is 6.38. The number of aromatic amines is 1. The Balaban J connectivity index is 1.34. The number of nitrogens with two attached hydrogens (primary N) is 1. The summed E-state index contributed by atoms with van der Waals surface area (Å²) in [5, 5.41) is 16.5. The number of nitrogens with zero attached hydrogens (tertiary/aromatic N) is 6. The molecule has 0 bridgehead atoms. The van der Waals surface area contributed by atoms with Gasteiger partial charge in [0.1, 0.15) is 17.3 Å². The van der Waals surface area contributed by atoms with Gasteiger partial charge in [-0.15, -0.1) is 0 Å². The van der Waals surface area contributed by atoms with Crippen LogP contribution in [0.2, 0.25) is 0 Å². The van der Waals surface area contributed by atoms with Gasteiger partial charge in [-0.3, -0.25) is 10.8 Å². The van der Waals surface area contributed by atoms with Crippen molar-refractivity contribution in [2.75, 3.05) is 38.2 Å². The number of H-pyrrole nitrogens is 1. The van der Waals surface area contributed by atoms with Crippen molar-refractivity contribution in [3.8, 4) is 17.0 Å². The topological polar surface area (TPSA) is 135 Å². The van der Waals surface area contributed by atoms with Crippen LogP contribution in [-0.2, 0) is 4.74 Å². The molecule has 0 radical (unpaired) electrons. The van der Waals surface area contributed by atoms with Crippen molar-refractivity contribution in [2.45, 2.75) is 20.1 Å². The molecule has 5 rings (SSSR count). The van der Waals surface area contributed by atoms with Crippen molar-refractivity contribution < 1.29 is 14.3 Å². The zero-order valence-electron chi connectivity index (χ0n) is 20.4. The van der Waals surface area contributed by atoms with E-state index in [1.54, 1.807) is 11.1 Å². The van der Waals surface area contributed by atoms with Gasteiger partial charge >= 0.3 is 6.09 Å². The number of amides is 1. The van der Waals surface area contributed by atoms with E-state index in [0.29, 0.717) is 31.9 Å². The molecule has 0 saturated carbocycles.